The van der Waals surface area contributed by atoms with Crippen molar-refractivity contribution in [3.05, 3.63) is 94.5 Å². The summed E-state index contributed by atoms with van der Waals surface area (Å²) in [6.45, 7) is 0.481. The molecule has 0 atom stereocenters. The molecule has 2 amide bonds. The number of amides is 2. The van der Waals surface area contributed by atoms with Crippen LogP contribution in [0.25, 0.3) is 0 Å². The zero-order valence-electron chi connectivity index (χ0n) is 14.4. The van der Waals surface area contributed by atoms with Gasteiger partial charge in [-0.15, -0.1) is 0 Å². The van der Waals surface area contributed by atoms with Gasteiger partial charge in [-0.05, 0) is 54.1 Å². The molecule has 0 fully saturated rings. The maximum atomic E-state index is 12.3. The monoisotopic (exact) mass is 379 g/mol. The van der Waals surface area contributed by atoms with E-state index in [2.05, 4.69) is 10.6 Å². The van der Waals surface area contributed by atoms with Crippen molar-refractivity contribution in [2.24, 2.45) is 5.73 Å². The topological polar surface area (TPSA) is 84.2 Å². The zero-order valence-corrected chi connectivity index (χ0v) is 15.2. The fraction of sp³-hybridized carbons (Fsp3) is 0.0476. The summed E-state index contributed by atoms with van der Waals surface area (Å²) in [5.74, 6) is -0.696. The minimum absolute atomic E-state index is 0.212. The Hall–Kier alpha value is -3.31. The lowest BCUT2D eigenvalue weighted by Crippen LogP contribution is -2.14. The lowest BCUT2D eigenvalue weighted by molar-refractivity contribution is 0.0998. The number of hydrogen-bond acceptors (Lipinski definition) is 3. The van der Waals surface area contributed by atoms with E-state index in [-0.39, 0.29) is 5.91 Å². The van der Waals surface area contributed by atoms with Crippen LogP contribution in [0, 0.1) is 0 Å². The number of rotatable bonds is 6. The van der Waals surface area contributed by atoms with E-state index in [4.69, 9.17) is 17.3 Å². The van der Waals surface area contributed by atoms with Crippen molar-refractivity contribution in [1.82, 2.24) is 0 Å². The Morgan fingerprint density at radius 2 is 1.67 bits per heavy atom. The normalized spacial score (nSPS) is 10.3. The minimum Gasteiger partial charge on any atom is -0.380 e. The number of carbonyl (C=O) groups excluding carboxylic acids is 2. The standard InChI is InChI=1S/C21H18ClN3O2/c22-16-10-8-15(9-11-16)21(27)25-17-5-3-4-14(12-17)13-24-19-7-2-1-6-18(19)20(23)26/h1-12,24H,13H2,(H2,23,26)(H,25,27). The second-order valence-corrected chi connectivity index (χ2v) is 6.36. The predicted molar refractivity (Wildman–Crippen MR) is 108 cm³/mol. The third-order valence-corrected chi connectivity index (χ3v) is 4.22. The summed E-state index contributed by atoms with van der Waals surface area (Å²) >= 11 is 5.85. The van der Waals surface area contributed by atoms with Gasteiger partial charge < -0.3 is 16.4 Å². The second-order valence-electron chi connectivity index (χ2n) is 5.92. The highest BCUT2D eigenvalue weighted by Gasteiger charge is 2.08. The fourth-order valence-corrected chi connectivity index (χ4v) is 2.74. The molecule has 0 radical (unpaired) electrons. The van der Waals surface area contributed by atoms with E-state index in [1.54, 1.807) is 42.5 Å². The van der Waals surface area contributed by atoms with Crippen molar-refractivity contribution in [2.75, 3.05) is 10.6 Å². The fourth-order valence-electron chi connectivity index (χ4n) is 2.61. The Balaban J connectivity index is 1.68. The van der Waals surface area contributed by atoms with Gasteiger partial charge in [0.2, 0.25) is 0 Å². The Kier molecular flexibility index (Phi) is 5.74. The molecule has 0 aliphatic carbocycles. The molecule has 0 spiro atoms. The molecule has 0 saturated carbocycles. The Labute approximate surface area is 162 Å². The van der Waals surface area contributed by atoms with Crippen LogP contribution in [0.5, 0.6) is 0 Å². The summed E-state index contributed by atoms with van der Waals surface area (Å²) in [6, 6.07) is 21.2. The average Bonchev–Trinajstić information content (AvgIpc) is 2.67. The number of nitrogens with two attached hydrogens (primary N) is 1. The number of hydrogen-bond donors (Lipinski definition) is 3. The summed E-state index contributed by atoms with van der Waals surface area (Å²) in [4.78, 5) is 23.8. The highest BCUT2D eigenvalue weighted by molar-refractivity contribution is 6.30. The van der Waals surface area contributed by atoms with Crippen LogP contribution in [0.3, 0.4) is 0 Å². The number of benzene rings is 3. The molecule has 3 aromatic rings. The number of carbonyl (C=O) groups is 2. The summed E-state index contributed by atoms with van der Waals surface area (Å²) in [6.07, 6.45) is 0. The maximum Gasteiger partial charge on any atom is 0.255 e. The summed E-state index contributed by atoms with van der Waals surface area (Å²) in [7, 11) is 0. The number of nitrogens with one attached hydrogen (secondary N) is 2. The molecule has 5 nitrogen and oxygen atoms in total. The average molecular weight is 380 g/mol. The first-order valence-electron chi connectivity index (χ1n) is 8.31. The molecule has 6 heteroatoms. The van der Waals surface area contributed by atoms with Crippen LogP contribution in [0.1, 0.15) is 26.3 Å². The van der Waals surface area contributed by atoms with Gasteiger partial charge in [0, 0.05) is 28.5 Å². The molecule has 27 heavy (non-hydrogen) atoms. The first kappa shape index (κ1) is 18.5. The van der Waals surface area contributed by atoms with Crippen LogP contribution in [0.2, 0.25) is 5.02 Å². The lowest BCUT2D eigenvalue weighted by atomic mass is 10.1. The van der Waals surface area contributed by atoms with Crippen LogP contribution in [0.4, 0.5) is 11.4 Å². The number of halogens is 1. The van der Waals surface area contributed by atoms with Gasteiger partial charge in [0.15, 0.2) is 0 Å². The molecule has 4 N–H and O–H groups in total. The van der Waals surface area contributed by atoms with Gasteiger partial charge >= 0.3 is 0 Å². The van der Waals surface area contributed by atoms with Crippen LogP contribution >= 0.6 is 11.6 Å². The molecule has 0 heterocycles. The van der Waals surface area contributed by atoms with Gasteiger partial charge in [0.1, 0.15) is 0 Å². The first-order valence-corrected chi connectivity index (χ1v) is 8.69. The van der Waals surface area contributed by atoms with Gasteiger partial charge in [0.25, 0.3) is 11.8 Å². The number of primary amides is 1. The molecule has 3 rings (SSSR count). The first-order chi connectivity index (χ1) is 13.0. The summed E-state index contributed by atoms with van der Waals surface area (Å²) in [5.41, 5.74) is 8.65. The number of para-hydroxylation sites is 1. The quantitative estimate of drug-likeness (QED) is 0.596. The van der Waals surface area contributed by atoms with E-state index < -0.39 is 5.91 Å². The molecule has 3 aromatic carbocycles. The lowest BCUT2D eigenvalue weighted by Gasteiger charge is -2.11. The van der Waals surface area contributed by atoms with Crippen molar-refractivity contribution < 1.29 is 9.59 Å². The van der Waals surface area contributed by atoms with Gasteiger partial charge in [-0.25, -0.2) is 0 Å². The summed E-state index contributed by atoms with van der Waals surface area (Å²) < 4.78 is 0. The van der Waals surface area contributed by atoms with Gasteiger partial charge in [-0.1, -0.05) is 35.9 Å². The highest BCUT2D eigenvalue weighted by atomic mass is 35.5. The minimum atomic E-state index is -0.484. The van der Waals surface area contributed by atoms with Crippen molar-refractivity contribution in [2.45, 2.75) is 6.54 Å². The van der Waals surface area contributed by atoms with Crippen LogP contribution in [-0.2, 0) is 6.54 Å². The van der Waals surface area contributed by atoms with Gasteiger partial charge in [0.05, 0.1) is 5.56 Å². The van der Waals surface area contributed by atoms with E-state index in [0.29, 0.717) is 34.1 Å². The maximum absolute atomic E-state index is 12.3. The van der Waals surface area contributed by atoms with Crippen molar-refractivity contribution in [3.63, 3.8) is 0 Å². The third-order valence-electron chi connectivity index (χ3n) is 3.97. The third kappa shape index (κ3) is 4.86. The highest BCUT2D eigenvalue weighted by Crippen LogP contribution is 2.18. The molecular weight excluding hydrogens is 362 g/mol. The molecule has 0 saturated heterocycles. The van der Waals surface area contributed by atoms with E-state index in [9.17, 15) is 9.59 Å². The van der Waals surface area contributed by atoms with E-state index >= 15 is 0 Å². The van der Waals surface area contributed by atoms with Crippen LogP contribution in [0.15, 0.2) is 72.8 Å². The van der Waals surface area contributed by atoms with E-state index in [1.807, 2.05) is 30.3 Å². The van der Waals surface area contributed by atoms with Crippen LogP contribution in [-0.4, -0.2) is 11.8 Å². The van der Waals surface area contributed by atoms with Crippen molar-refractivity contribution in [1.29, 1.82) is 0 Å². The molecule has 0 unspecified atom stereocenters. The van der Waals surface area contributed by atoms with Crippen molar-refractivity contribution in [3.8, 4) is 0 Å². The summed E-state index contributed by atoms with van der Waals surface area (Å²) in [5, 5.41) is 6.64. The Morgan fingerprint density at radius 3 is 2.41 bits per heavy atom. The van der Waals surface area contributed by atoms with Crippen molar-refractivity contribution >= 4 is 34.8 Å². The predicted octanol–water partition coefficient (Wildman–Crippen LogP) is 4.30. The molecular formula is C21H18ClN3O2. The number of anilines is 2. The Bertz CT molecular complexity index is 971. The van der Waals surface area contributed by atoms with E-state index in [1.165, 1.54) is 0 Å². The largest absolute Gasteiger partial charge is 0.380 e. The zero-order chi connectivity index (χ0) is 19.2. The van der Waals surface area contributed by atoms with Crippen LogP contribution < -0.4 is 16.4 Å². The van der Waals surface area contributed by atoms with E-state index in [0.717, 1.165) is 5.56 Å². The molecule has 0 aromatic heterocycles. The Morgan fingerprint density at radius 1 is 0.926 bits per heavy atom. The van der Waals surface area contributed by atoms with Gasteiger partial charge in [-0.3, -0.25) is 9.59 Å². The van der Waals surface area contributed by atoms with Gasteiger partial charge in [-0.2, -0.15) is 0 Å². The SMILES string of the molecule is NC(=O)c1ccccc1NCc1cccc(NC(=O)c2ccc(Cl)cc2)c1. The molecule has 0 aliphatic rings. The smallest absolute Gasteiger partial charge is 0.255 e. The molecule has 0 aliphatic heterocycles. The molecule has 0 bridgehead atoms. The second kappa shape index (κ2) is 8.38. The molecule has 136 valence electrons.